The Morgan fingerprint density at radius 1 is 1.06 bits per heavy atom. The molecule has 0 saturated carbocycles. The molecule has 4 rings (SSSR count). The summed E-state index contributed by atoms with van der Waals surface area (Å²) in [5.41, 5.74) is 1.73. The van der Waals surface area contributed by atoms with Gasteiger partial charge >= 0.3 is 0 Å². The fraction of sp³-hybridized carbons (Fsp3) is 0.292. The molecule has 3 aromatic rings. The summed E-state index contributed by atoms with van der Waals surface area (Å²) in [6, 6.07) is 18.5. The number of ether oxygens (including phenoxy) is 1. The van der Waals surface area contributed by atoms with E-state index in [0.717, 1.165) is 22.1 Å². The van der Waals surface area contributed by atoms with Crippen LogP contribution in [0.2, 0.25) is 0 Å². The summed E-state index contributed by atoms with van der Waals surface area (Å²) in [5, 5.41) is 4.59. The van der Waals surface area contributed by atoms with Crippen LogP contribution in [0.1, 0.15) is 25.3 Å². The Bertz CT molecular complexity index is 1220. The van der Waals surface area contributed by atoms with Gasteiger partial charge in [0.25, 0.3) is 10.0 Å². The first kappa shape index (κ1) is 21.2. The number of carbonyl (C=O) groups is 1. The predicted molar refractivity (Wildman–Crippen MR) is 122 cm³/mol. The van der Waals surface area contributed by atoms with Crippen molar-refractivity contribution in [2.75, 3.05) is 17.5 Å². The van der Waals surface area contributed by atoms with Gasteiger partial charge in [-0.2, -0.15) is 0 Å². The molecule has 1 aliphatic rings. The number of aryl methyl sites for hydroxylation is 1. The maximum atomic E-state index is 13.0. The van der Waals surface area contributed by atoms with Crippen LogP contribution < -0.4 is 14.4 Å². The lowest BCUT2D eigenvalue weighted by atomic mass is 10.1. The zero-order chi connectivity index (χ0) is 22.0. The highest BCUT2D eigenvalue weighted by Gasteiger charge is 2.35. The number of sulfonamides is 1. The van der Waals surface area contributed by atoms with Crippen molar-refractivity contribution in [2.24, 2.45) is 0 Å². The molecule has 0 aromatic heterocycles. The number of hydrogen-bond donors (Lipinski definition) is 1. The first-order valence-electron chi connectivity index (χ1n) is 10.4. The summed E-state index contributed by atoms with van der Waals surface area (Å²) in [5.74, 6) is 0.685. The molecule has 7 heteroatoms. The minimum absolute atomic E-state index is 0.117. The number of anilines is 1. The van der Waals surface area contributed by atoms with Crippen LogP contribution in [-0.2, 0) is 14.8 Å². The second-order valence-corrected chi connectivity index (χ2v) is 9.69. The minimum atomic E-state index is -3.58. The number of hydrogen-bond acceptors (Lipinski definition) is 4. The van der Waals surface area contributed by atoms with Crippen LogP contribution in [0.3, 0.4) is 0 Å². The molecule has 1 atom stereocenters. The van der Waals surface area contributed by atoms with Crippen LogP contribution in [0, 0.1) is 6.92 Å². The Morgan fingerprint density at radius 3 is 2.58 bits per heavy atom. The fourth-order valence-corrected chi connectivity index (χ4v) is 5.65. The average Bonchev–Trinajstić information content (AvgIpc) is 2.96. The highest BCUT2D eigenvalue weighted by Crippen LogP contribution is 2.41. The maximum Gasteiger partial charge on any atom is 0.265 e. The van der Waals surface area contributed by atoms with Crippen LogP contribution in [0.25, 0.3) is 10.8 Å². The number of rotatable bonds is 8. The zero-order valence-electron chi connectivity index (χ0n) is 17.7. The van der Waals surface area contributed by atoms with Crippen molar-refractivity contribution in [3.8, 4) is 5.75 Å². The molecule has 3 aromatic carbocycles. The molecular weight excluding hydrogens is 412 g/mol. The maximum absolute atomic E-state index is 13.0. The van der Waals surface area contributed by atoms with Gasteiger partial charge in [-0.15, -0.1) is 0 Å². The van der Waals surface area contributed by atoms with E-state index in [4.69, 9.17) is 4.74 Å². The number of benzene rings is 3. The van der Waals surface area contributed by atoms with Gasteiger partial charge in [-0.25, -0.2) is 8.42 Å². The highest BCUT2D eigenvalue weighted by molar-refractivity contribution is 7.93. The lowest BCUT2D eigenvalue weighted by Crippen LogP contribution is -2.37. The van der Waals surface area contributed by atoms with Crippen molar-refractivity contribution in [1.82, 2.24) is 5.32 Å². The minimum Gasteiger partial charge on any atom is -0.491 e. The molecule has 1 unspecified atom stereocenters. The van der Waals surface area contributed by atoms with E-state index in [9.17, 15) is 13.2 Å². The third-order valence-electron chi connectivity index (χ3n) is 5.44. The van der Waals surface area contributed by atoms with Crippen molar-refractivity contribution in [3.63, 3.8) is 0 Å². The van der Waals surface area contributed by atoms with E-state index < -0.39 is 10.0 Å². The molecule has 0 saturated heterocycles. The van der Waals surface area contributed by atoms with E-state index in [-0.39, 0.29) is 24.9 Å². The molecule has 0 aliphatic carbocycles. The van der Waals surface area contributed by atoms with Crippen LogP contribution in [0.5, 0.6) is 5.75 Å². The van der Waals surface area contributed by atoms with Gasteiger partial charge in [-0.05, 0) is 49.4 Å². The van der Waals surface area contributed by atoms with E-state index in [0.29, 0.717) is 23.6 Å². The zero-order valence-corrected chi connectivity index (χ0v) is 18.5. The van der Waals surface area contributed by atoms with Gasteiger partial charge in [-0.1, -0.05) is 42.5 Å². The van der Waals surface area contributed by atoms with Crippen molar-refractivity contribution in [3.05, 3.63) is 66.2 Å². The lowest BCUT2D eigenvalue weighted by Gasteiger charge is -2.19. The summed E-state index contributed by atoms with van der Waals surface area (Å²) in [4.78, 5) is 12.7. The van der Waals surface area contributed by atoms with E-state index >= 15 is 0 Å². The Hall–Kier alpha value is -3.06. The van der Waals surface area contributed by atoms with Gasteiger partial charge in [0.2, 0.25) is 5.91 Å². The van der Waals surface area contributed by atoms with E-state index in [1.807, 2.05) is 62.4 Å². The molecule has 1 N–H and O–H groups in total. The Kier molecular flexibility index (Phi) is 5.87. The number of amides is 1. The molecule has 0 spiro atoms. The number of nitrogens with zero attached hydrogens (tertiary/aromatic N) is 1. The fourth-order valence-electron chi connectivity index (χ4n) is 3.90. The summed E-state index contributed by atoms with van der Waals surface area (Å²) in [7, 11) is -3.58. The number of carbonyl (C=O) groups excluding carboxylic acids is 1. The van der Waals surface area contributed by atoms with Gasteiger partial charge in [-0.3, -0.25) is 9.10 Å². The van der Waals surface area contributed by atoms with E-state index in [1.165, 1.54) is 4.31 Å². The molecule has 6 nitrogen and oxygen atoms in total. The topological polar surface area (TPSA) is 75.7 Å². The first-order valence-corrected chi connectivity index (χ1v) is 11.8. The Labute approximate surface area is 182 Å². The van der Waals surface area contributed by atoms with Gasteiger partial charge in [0.1, 0.15) is 12.4 Å². The van der Waals surface area contributed by atoms with Gasteiger partial charge in [0.05, 0.1) is 16.6 Å². The number of para-hydroxylation sites is 1. The molecule has 1 aliphatic heterocycles. The third kappa shape index (κ3) is 4.23. The van der Waals surface area contributed by atoms with Crippen LogP contribution >= 0.6 is 0 Å². The first-order chi connectivity index (χ1) is 14.9. The highest BCUT2D eigenvalue weighted by atomic mass is 32.2. The molecule has 1 amide bonds. The average molecular weight is 439 g/mol. The van der Waals surface area contributed by atoms with Crippen molar-refractivity contribution < 1.29 is 17.9 Å². The van der Waals surface area contributed by atoms with Gasteiger partial charge in [0, 0.05) is 18.4 Å². The molecular formula is C24H26N2O4S. The van der Waals surface area contributed by atoms with Crippen molar-refractivity contribution in [1.29, 1.82) is 0 Å². The van der Waals surface area contributed by atoms with Crippen LogP contribution in [-0.4, -0.2) is 33.5 Å². The van der Waals surface area contributed by atoms with Gasteiger partial charge in [0.15, 0.2) is 0 Å². The molecule has 0 bridgehead atoms. The summed E-state index contributed by atoms with van der Waals surface area (Å²) < 4.78 is 33.1. The van der Waals surface area contributed by atoms with E-state index in [2.05, 4.69) is 5.32 Å². The SMILES string of the molecule is Cc1ccccc1OCC(C)NC(=O)CCCN1c2cccc3cccc(c23)S1(=O)=O. The van der Waals surface area contributed by atoms with Crippen LogP contribution in [0.4, 0.5) is 5.69 Å². The van der Waals surface area contributed by atoms with E-state index in [1.54, 1.807) is 12.1 Å². The molecule has 1 heterocycles. The summed E-state index contributed by atoms with van der Waals surface area (Å²) >= 11 is 0. The molecule has 0 fully saturated rings. The van der Waals surface area contributed by atoms with Crippen molar-refractivity contribution in [2.45, 2.75) is 37.6 Å². The quantitative estimate of drug-likeness (QED) is 0.576. The summed E-state index contributed by atoms with van der Waals surface area (Å²) in [6.07, 6.45) is 0.674. The molecule has 0 radical (unpaired) electrons. The second kappa shape index (κ2) is 8.59. The third-order valence-corrected chi connectivity index (χ3v) is 7.29. The predicted octanol–water partition coefficient (Wildman–Crippen LogP) is 4.02. The molecule has 31 heavy (non-hydrogen) atoms. The second-order valence-electron chi connectivity index (χ2n) is 7.86. The van der Waals surface area contributed by atoms with Crippen LogP contribution in [0.15, 0.2) is 65.6 Å². The number of nitrogens with one attached hydrogen (secondary N) is 1. The van der Waals surface area contributed by atoms with Crippen molar-refractivity contribution >= 4 is 32.4 Å². The largest absolute Gasteiger partial charge is 0.491 e. The lowest BCUT2D eigenvalue weighted by molar-refractivity contribution is -0.121. The normalized spacial score (nSPS) is 15.1. The summed E-state index contributed by atoms with van der Waals surface area (Å²) in [6.45, 7) is 4.49. The Morgan fingerprint density at radius 2 is 1.81 bits per heavy atom. The van der Waals surface area contributed by atoms with Gasteiger partial charge < -0.3 is 10.1 Å². The smallest absolute Gasteiger partial charge is 0.265 e. The standard InChI is InChI=1S/C24H26N2O4S/c1-17-8-3-4-12-21(17)30-16-18(2)25-23(27)14-7-15-26-20-11-5-9-19-10-6-13-22(24(19)20)31(26,28)29/h3-6,8-13,18H,7,14-16H2,1-2H3,(H,25,27). The monoisotopic (exact) mass is 438 g/mol. The Balaban J connectivity index is 1.31. The molecule has 162 valence electrons.